The molecule has 1 amide bonds. The van der Waals surface area contributed by atoms with Crippen molar-refractivity contribution in [2.75, 3.05) is 43.4 Å². The molecule has 11 heteroatoms. The number of hydrogen-bond donors (Lipinski definition) is 3. The summed E-state index contributed by atoms with van der Waals surface area (Å²) in [4.78, 5) is 45.5. The van der Waals surface area contributed by atoms with E-state index in [0.717, 1.165) is 68.0 Å². The van der Waals surface area contributed by atoms with Gasteiger partial charge >= 0.3 is 5.97 Å². The van der Waals surface area contributed by atoms with Crippen molar-refractivity contribution in [3.05, 3.63) is 59.7 Å². The maximum Gasteiger partial charge on any atom is 0.329 e. The summed E-state index contributed by atoms with van der Waals surface area (Å²) in [5.41, 5.74) is 3.40. The smallest absolute Gasteiger partial charge is 0.329 e. The summed E-state index contributed by atoms with van der Waals surface area (Å²) in [6.07, 6.45) is 9.01. The Morgan fingerprint density at radius 1 is 1.04 bits per heavy atom. The average Bonchev–Trinajstić information content (AvgIpc) is 3.00. The van der Waals surface area contributed by atoms with Crippen LogP contribution < -0.4 is 16.0 Å². The van der Waals surface area contributed by atoms with Gasteiger partial charge in [-0.25, -0.2) is 19.7 Å². The third kappa shape index (κ3) is 11.4. The van der Waals surface area contributed by atoms with Crippen LogP contribution in [0.1, 0.15) is 70.3 Å². The van der Waals surface area contributed by atoms with Crippen LogP contribution in [0.2, 0.25) is 0 Å². The first-order valence-electron chi connectivity index (χ1n) is 16.0. The first-order valence-corrected chi connectivity index (χ1v) is 16.0. The number of esters is 1. The van der Waals surface area contributed by atoms with Gasteiger partial charge in [-0.15, -0.1) is 0 Å². The molecule has 1 atom stereocenters. The van der Waals surface area contributed by atoms with Crippen molar-refractivity contribution in [3.8, 4) is 11.4 Å². The van der Waals surface area contributed by atoms with Gasteiger partial charge in [-0.05, 0) is 96.5 Å². The van der Waals surface area contributed by atoms with Crippen LogP contribution in [0.15, 0.2) is 42.7 Å². The summed E-state index contributed by atoms with van der Waals surface area (Å²) in [7, 11) is 0. The monoisotopic (exact) mass is 616 g/mol. The Kier molecular flexibility index (Phi) is 12.2. The Morgan fingerprint density at radius 3 is 2.60 bits per heavy atom. The molecule has 0 aromatic carbocycles. The SMILES string of the molecule is CC(=O)NCCN(CCCCc1ccc2c(n1)NCCC2)CC[C@H](Nc1cc(C)nc(-c2ccncc2)n1)C(=O)OC(C)(C)C. The number of fused-ring (bicyclic) bond motifs is 1. The predicted molar refractivity (Wildman–Crippen MR) is 177 cm³/mol. The third-order valence-electron chi connectivity index (χ3n) is 7.45. The van der Waals surface area contributed by atoms with Gasteiger partial charge < -0.3 is 25.6 Å². The second-order valence-corrected chi connectivity index (χ2v) is 12.6. The van der Waals surface area contributed by atoms with Crippen LogP contribution in [-0.4, -0.2) is 81.1 Å². The Balaban J connectivity index is 1.41. The molecule has 0 aliphatic carbocycles. The van der Waals surface area contributed by atoms with Gasteiger partial charge in [0, 0.05) is 68.5 Å². The molecule has 3 aromatic heterocycles. The highest BCUT2D eigenvalue weighted by Crippen LogP contribution is 2.21. The lowest BCUT2D eigenvalue weighted by Gasteiger charge is -2.28. The summed E-state index contributed by atoms with van der Waals surface area (Å²) in [6, 6.07) is 9.27. The van der Waals surface area contributed by atoms with Gasteiger partial charge in [0.25, 0.3) is 0 Å². The Bertz CT molecular complexity index is 1410. The molecular formula is C34H48N8O3. The van der Waals surface area contributed by atoms with Gasteiger partial charge in [0.05, 0.1) is 0 Å². The lowest BCUT2D eigenvalue weighted by Crippen LogP contribution is -2.41. The highest BCUT2D eigenvalue weighted by Gasteiger charge is 2.26. The van der Waals surface area contributed by atoms with Crippen LogP contribution in [0.3, 0.4) is 0 Å². The van der Waals surface area contributed by atoms with Gasteiger partial charge in [-0.1, -0.05) is 6.07 Å². The van der Waals surface area contributed by atoms with Crippen molar-refractivity contribution >= 4 is 23.5 Å². The quantitative estimate of drug-likeness (QED) is 0.165. The number of nitrogens with zero attached hydrogens (tertiary/aromatic N) is 5. The molecule has 0 unspecified atom stereocenters. The fourth-order valence-electron chi connectivity index (χ4n) is 5.26. The molecule has 3 N–H and O–H groups in total. The van der Waals surface area contributed by atoms with E-state index in [-0.39, 0.29) is 11.9 Å². The van der Waals surface area contributed by atoms with E-state index < -0.39 is 11.6 Å². The van der Waals surface area contributed by atoms with Crippen molar-refractivity contribution in [3.63, 3.8) is 0 Å². The molecule has 3 aromatic rings. The minimum Gasteiger partial charge on any atom is -0.458 e. The largest absolute Gasteiger partial charge is 0.458 e. The number of amides is 1. The molecule has 11 nitrogen and oxygen atoms in total. The molecule has 4 rings (SSSR count). The van der Waals surface area contributed by atoms with E-state index in [9.17, 15) is 9.59 Å². The fourth-order valence-corrected chi connectivity index (χ4v) is 5.26. The van der Waals surface area contributed by atoms with Crippen molar-refractivity contribution < 1.29 is 14.3 Å². The lowest BCUT2D eigenvalue weighted by atomic mass is 10.1. The normalized spacial score (nSPS) is 13.5. The average molecular weight is 617 g/mol. The first-order chi connectivity index (χ1) is 21.6. The van der Waals surface area contributed by atoms with E-state index in [4.69, 9.17) is 14.7 Å². The van der Waals surface area contributed by atoms with Crippen LogP contribution in [0.25, 0.3) is 11.4 Å². The van der Waals surface area contributed by atoms with E-state index in [1.807, 2.05) is 45.9 Å². The predicted octanol–water partition coefficient (Wildman–Crippen LogP) is 4.57. The number of nitrogens with one attached hydrogen (secondary N) is 3. The molecule has 1 aliphatic rings. The van der Waals surface area contributed by atoms with Crippen LogP contribution in [0, 0.1) is 6.92 Å². The second kappa shape index (κ2) is 16.3. The maximum absolute atomic E-state index is 13.4. The van der Waals surface area contributed by atoms with Gasteiger partial charge in [0.2, 0.25) is 5.91 Å². The van der Waals surface area contributed by atoms with Crippen LogP contribution in [0.5, 0.6) is 0 Å². The van der Waals surface area contributed by atoms with Crippen LogP contribution in [-0.2, 0) is 27.2 Å². The number of pyridine rings is 2. The van der Waals surface area contributed by atoms with E-state index in [1.165, 1.54) is 12.5 Å². The van der Waals surface area contributed by atoms with E-state index in [2.05, 4.69) is 43.0 Å². The minimum absolute atomic E-state index is 0.0560. The van der Waals surface area contributed by atoms with E-state index in [0.29, 0.717) is 37.7 Å². The van der Waals surface area contributed by atoms with Crippen LogP contribution >= 0.6 is 0 Å². The number of aromatic nitrogens is 4. The molecule has 0 saturated carbocycles. The van der Waals surface area contributed by atoms with Crippen molar-refractivity contribution in [2.45, 2.75) is 84.8 Å². The minimum atomic E-state index is -0.633. The van der Waals surface area contributed by atoms with Crippen molar-refractivity contribution in [2.24, 2.45) is 0 Å². The van der Waals surface area contributed by atoms with Gasteiger partial charge in [-0.2, -0.15) is 0 Å². The highest BCUT2D eigenvalue weighted by atomic mass is 16.6. The summed E-state index contributed by atoms with van der Waals surface area (Å²) in [5, 5.41) is 9.67. The van der Waals surface area contributed by atoms with Gasteiger partial charge in [0.15, 0.2) is 5.82 Å². The van der Waals surface area contributed by atoms with Crippen molar-refractivity contribution in [1.82, 2.24) is 30.2 Å². The van der Waals surface area contributed by atoms with E-state index >= 15 is 0 Å². The second-order valence-electron chi connectivity index (χ2n) is 12.6. The number of unbranched alkanes of at least 4 members (excludes halogenated alkanes) is 1. The number of anilines is 2. The van der Waals surface area contributed by atoms with Gasteiger partial charge in [0.1, 0.15) is 23.3 Å². The number of aryl methyl sites for hydroxylation is 3. The molecule has 0 radical (unpaired) electrons. The van der Waals surface area contributed by atoms with E-state index in [1.54, 1.807) is 12.4 Å². The molecule has 1 aliphatic heterocycles. The molecule has 0 spiro atoms. The topological polar surface area (TPSA) is 134 Å². The Labute approximate surface area is 267 Å². The Hall–Kier alpha value is -4.12. The number of carbonyl (C=O) groups excluding carboxylic acids is 2. The molecule has 45 heavy (non-hydrogen) atoms. The van der Waals surface area contributed by atoms with Crippen LogP contribution in [0.4, 0.5) is 11.6 Å². The zero-order valence-corrected chi connectivity index (χ0v) is 27.4. The Morgan fingerprint density at radius 2 is 1.84 bits per heavy atom. The molecule has 4 heterocycles. The number of ether oxygens (including phenoxy) is 1. The summed E-state index contributed by atoms with van der Waals surface area (Å²) in [6.45, 7) is 12.7. The zero-order chi connectivity index (χ0) is 32.2. The summed E-state index contributed by atoms with van der Waals surface area (Å²) in [5.74, 6) is 1.76. The number of hydrogen-bond acceptors (Lipinski definition) is 10. The first kappa shape index (κ1) is 33.8. The number of rotatable bonds is 15. The molecule has 0 saturated heterocycles. The van der Waals surface area contributed by atoms with Gasteiger partial charge in [-0.3, -0.25) is 9.78 Å². The fraction of sp³-hybridized carbons (Fsp3) is 0.529. The lowest BCUT2D eigenvalue weighted by molar-refractivity contribution is -0.156. The zero-order valence-electron chi connectivity index (χ0n) is 27.4. The number of carbonyl (C=O) groups is 2. The molecule has 0 fully saturated rings. The standard InChI is InChI=1S/C34H48N8O3/c1-24-23-30(41-32(38-24)27-13-17-35-18-14-27)40-29(33(44)45-34(3,4)5)15-21-42(22-19-36-25(2)43)20-7-6-10-28-12-11-26-9-8-16-37-31(26)39-28/h11-14,17-18,23,29H,6-10,15-16,19-22H2,1-5H3,(H,36,43)(H,37,39)(H,38,40,41)/t29-/m0/s1. The third-order valence-corrected chi connectivity index (χ3v) is 7.45. The maximum atomic E-state index is 13.4. The van der Waals surface area contributed by atoms with Crippen molar-refractivity contribution in [1.29, 1.82) is 0 Å². The molecule has 0 bridgehead atoms. The summed E-state index contributed by atoms with van der Waals surface area (Å²) >= 11 is 0. The molecule has 242 valence electrons. The highest BCUT2D eigenvalue weighted by molar-refractivity contribution is 5.79. The summed E-state index contributed by atoms with van der Waals surface area (Å²) < 4.78 is 5.81. The molecular weight excluding hydrogens is 568 g/mol.